The molecule has 2 N–H and O–H groups in total. The molecule has 3 rings (SSSR count). The fourth-order valence-electron chi connectivity index (χ4n) is 1.73. The van der Waals surface area contributed by atoms with Gasteiger partial charge in [0, 0.05) is 31.5 Å². The largest absolute Gasteiger partial charge is 0.367 e. The maximum absolute atomic E-state index is 11.6. The maximum Gasteiger partial charge on any atom is 0.289 e. The van der Waals surface area contributed by atoms with Gasteiger partial charge in [-0.2, -0.15) is 5.10 Å². The number of hydrogen-bond donors (Lipinski definition) is 2. The lowest BCUT2D eigenvalue weighted by Crippen LogP contribution is -2.28. The van der Waals surface area contributed by atoms with E-state index in [1.165, 1.54) is 12.3 Å². The smallest absolute Gasteiger partial charge is 0.289 e. The highest BCUT2D eigenvalue weighted by Crippen LogP contribution is 2.04. The van der Waals surface area contributed by atoms with Crippen molar-refractivity contribution in [3.8, 4) is 5.82 Å². The Bertz CT molecular complexity index is 707. The van der Waals surface area contributed by atoms with Gasteiger partial charge in [-0.1, -0.05) is 5.16 Å². The third kappa shape index (κ3) is 3.26. The maximum atomic E-state index is 11.6. The van der Waals surface area contributed by atoms with Crippen LogP contribution in [0, 0.1) is 0 Å². The lowest BCUT2D eigenvalue weighted by molar-refractivity contribution is 0.0918. The van der Waals surface area contributed by atoms with Crippen molar-refractivity contribution >= 4 is 11.7 Å². The zero-order valence-corrected chi connectivity index (χ0v) is 11.5. The number of nitrogens with one attached hydrogen (secondary N) is 2. The van der Waals surface area contributed by atoms with Crippen LogP contribution in [0.15, 0.2) is 47.4 Å². The lowest BCUT2D eigenvalue weighted by atomic mass is 10.4. The SMILES string of the molecule is O=C(NCCNc1ccc(-n2cccn2)nn1)c1ccno1. The summed E-state index contributed by atoms with van der Waals surface area (Å²) in [5, 5.41) is 21.4. The summed E-state index contributed by atoms with van der Waals surface area (Å²) in [6, 6.07) is 6.91. The third-order valence-corrected chi connectivity index (χ3v) is 2.77. The average Bonchev–Trinajstić information content (AvgIpc) is 3.25. The number of rotatable bonds is 6. The predicted octanol–water partition coefficient (Wildman–Crippen LogP) is 0.492. The first kappa shape index (κ1) is 13.7. The van der Waals surface area contributed by atoms with Gasteiger partial charge in [-0.05, 0) is 18.2 Å². The highest BCUT2D eigenvalue weighted by Gasteiger charge is 2.08. The van der Waals surface area contributed by atoms with Crippen LogP contribution in [0.1, 0.15) is 10.6 Å². The van der Waals surface area contributed by atoms with Gasteiger partial charge in [0.1, 0.15) is 5.82 Å². The number of amides is 1. The molecule has 0 saturated heterocycles. The third-order valence-electron chi connectivity index (χ3n) is 2.77. The molecule has 9 nitrogen and oxygen atoms in total. The van der Waals surface area contributed by atoms with Crippen molar-refractivity contribution in [2.75, 3.05) is 18.4 Å². The van der Waals surface area contributed by atoms with Gasteiger partial charge in [-0.15, -0.1) is 10.2 Å². The van der Waals surface area contributed by atoms with Crippen LogP contribution in [-0.2, 0) is 0 Å². The Labute approximate surface area is 125 Å². The lowest BCUT2D eigenvalue weighted by Gasteiger charge is -2.06. The van der Waals surface area contributed by atoms with Crippen LogP contribution < -0.4 is 10.6 Å². The quantitative estimate of drug-likeness (QED) is 0.637. The highest BCUT2D eigenvalue weighted by atomic mass is 16.5. The molecule has 0 fully saturated rings. The second kappa shape index (κ2) is 6.48. The van der Waals surface area contributed by atoms with Gasteiger partial charge in [-0.3, -0.25) is 4.79 Å². The van der Waals surface area contributed by atoms with Gasteiger partial charge < -0.3 is 15.2 Å². The first-order valence-corrected chi connectivity index (χ1v) is 6.59. The number of aromatic nitrogens is 5. The minimum Gasteiger partial charge on any atom is -0.367 e. The summed E-state index contributed by atoms with van der Waals surface area (Å²) in [7, 11) is 0. The molecule has 0 radical (unpaired) electrons. The minimum atomic E-state index is -0.306. The summed E-state index contributed by atoms with van der Waals surface area (Å²) in [5.74, 6) is 1.13. The monoisotopic (exact) mass is 299 g/mol. The van der Waals surface area contributed by atoms with E-state index in [1.54, 1.807) is 29.2 Å². The predicted molar refractivity (Wildman–Crippen MR) is 76.5 cm³/mol. The van der Waals surface area contributed by atoms with Gasteiger partial charge in [0.25, 0.3) is 5.91 Å². The Balaban J connectivity index is 1.45. The normalized spacial score (nSPS) is 10.4. The number of hydrogen-bond acceptors (Lipinski definition) is 7. The van der Waals surface area contributed by atoms with E-state index in [-0.39, 0.29) is 11.7 Å². The van der Waals surface area contributed by atoms with E-state index in [0.717, 1.165) is 0 Å². The zero-order chi connectivity index (χ0) is 15.2. The van der Waals surface area contributed by atoms with Crippen LogP contribution in [0.5, 0.6) is 0 Å². The van der Waals surface area contributed by atoms with Crippen molar-refractivity contribution in [1.29, 1.82) is 0 Å². The molecule has 9 heteroatoms. The Hall–Kier alpha value is -3.23. The summed E-state index contributed by atoms with van der Waals surface area (Å²) < 4.78 is 6.37. The molecule has 0 aliphatic heterocycles. The summed E-state index contributed by atoms with van der Waals surface area (Å²) in [6.07, 6.45) is 4.88. The summed E-state index contributed by atoms with van der Waals surface area (Å²) >= 11 is 0. The van der Waals surface area contributed by atoms with Crippen molar-refractivity contribution < 1.29 is 9.32 Å². The van der Waals surface area contributed by atoms with E-state index < -0.39 is 0 Å². The minimum absolute atomic E-state index is 0.184. The Morgan fingerprint density at radius 2 is 2.14 bits per heavy atom. The van der Waals surface area contributed by atoms with Crippen molar-refractivity contribution in [2.24, 2.45) is 0 Å². The van der Waals surface area contributed by atoms with E-state index in [4.69, 9.17) is 4.52 Å². The first-order valence-electron chi connectivity index (χ1n) is 6.59. The van der Waals surface area contributed by atoms with Gasteiger partial charge in [0.15, 0.2) is 5.82 Å². The van der Waals surface area contributed by atoms with Crippen molar-refractivity contribution in [3.05, 3.63) is 48.6 Å². The van der Waals surface area contributed by atoms with Crippen LogP contribution >= 0.6 is 0 Å². The molecule has 3 heterocycles. The average molecular weight is 299 g/mol. The van der Waals surface area contributed by atoms with Crippen molar-refractivity contribution in [2.45, 2.75) is 0 Å². The molecular weight excluding hydrogens is 286 g/mol. The van der Waals surface area contributed by atoms with Gasteiger partial charge >= 0.3 is 0 Å². The molecule has 0 unspecified atom stereocenters. The summed E-state index contributed by atoms with van der Waals surface area (Å²) in [5.41, 5.74) is 0. The van der Waals surface area contributed by atoms with E-state index >= 15 is 0 Å². The number of nitrogens with zero attached hydrogens (tertiary/aromatic N) is 5. The van der Waals surface area contributed by atoms with Gasteiger partial charge in [-0.25, -0.2) is 4.68 Å². The molecule has 0 aliphatic rings. The molecule has 0 atom stereocenters. The Kier molecular flexibility index (Phi) is 4.05. The molecular formula is C13H13N7O2. The zero-order valence-electron chi connectivity index (χ0n) is 11.5. The van der Waals surface area contributed by atoms with Crippen molar-refractivity contribution in [1.82, 2.24) is 30.5 Å². The molecule has 1 amide bonds. The molecule has 0 bridgehead atoms. The van der Waals surface area contributed by atoms with E-state index in [2.05, 4.69) is 31.1 Å². The molecule has 0 aliphatic carbocycles. The second-order valence-corrected chi connectivity index (χ2v) is 4.29. The van der Waals surface area contributed by atoms with Gasteiger partial charge in [0.05, 0.1) is 6.20 Å². The molecule has 22 heavy (non-hydrogen) atoms. The van der Waals surface area contributed by atoms with Crippen LogP contribution in [-0.4, -0.2) is 44.1 Å². The standard InChI is InChI=1S/C13H13N7O2/c21-13(10-4-6-17-22-10)15-8-7-14-11-2-3-12(19-18-11)20-9-1-5-16-20/h1-6,9H,7-8H2,(H,14,18)(H,15,21). The van der Waals surface area contributed by atoms with E-state index in [1.807, 2.05) is 6.07 Å². The molecule has 3 aromatic heterocycles. The topological polar surface area (TPSA) is 111 Å². The Morgan fingerprint density at radius 1 is 1.18 bits per heavy atom. The number of carbonyl (C=O) groups is 1. The fraction of sp³-hybridized carbons (Fsp3) is 0.154. The molecule has 112 valence electrons. The van der Waals surface area contributed by atoms with E-state index in [0.29, 0.717) is 24.7 Å². The highest BCUT2D eigenvalue weighted by molar-refractivity contribution is 5.91. The fourth-order valence-corrected chi connectivity index (χ4v) is 1.73. The number of anilines is 1. The summed E-state index contributed by atoms with van der Waals surface area (Å²) in [4.78, 5) is 11.6. The van der Waals surface area contributed by atoms with Crippen molar-refractivity contribution in [3.63, 3.8) is 0 Å². The molecule has 0 aromatic carbocycles. The molecule has 0 saturated carbocycles. The second-order valence-electron chi connectivity index (χ2n) is 4.29. The molecule has 3 aromatic rings. The molecule has 0 spiro atoms. The van der Waals surface area contributed by atoms with Gasteiger partial charge in [0.2, 0.25) is 5.76 Å². The van der Waals surface area contributed by atoms with E-state index in [9.17, 15) is 4.79 Å². The number of carbonyl (C=O) groups excluding carboxylic acids is 1. The van der Waals surface area contributed by atoms with Crippen LogP contribution in [0.2, 0.25) is 0 Å². The van der Waals surface area contributed by atoms with Crippen LogP contribution in [0.3, 0.4) is 0 Å². The Morgan fingerprint density at radius 3 is 2.82 bits per heavy atom. The van der Waals surface area contributed by atoms with Crippen LogP contribution in [0.25, 0.3) is 5.82 Å². The first-order chi connectivity index (χ1) is 10.8. The summed E-state index contributed by atoms with van der Waals surface area (Å²) in [6.45, 7) is 0.928. The van der Waals surface area contributed by atoms with Crippen LogP contribution in [0.4, 0.5) is 5.82 Å².